The number of hydrogen-bond acceptors (Lipinski definition) is 2. The summed E-state index contributed by atoms with van der Waals surface area (Å²) >= 11 is 2.39. The molecule has 3 rings (SSSR count). The number of benzene rings is 2. The minimum absolute atomic E-state index is 0.320. The predicted octanol–water partition coefficient (Wildman–Crippen LogP) is 5.23. The SMILES string of the molecule is Cc1ccc(NC2CCCOc3c(C)cccc32)cc1I. The Hall–Kier alpha value is -1.23. The highest BCUT2D eigenvalue weighted by Gasteiger charge is 2.20. The van der Waals surface area contributed by atoms with E-state index >= 15 is 0 Å². The lowest BCUT2D eigenvalue weighted by Crippen LogP contribution is -2.10. The molecule has 2 aromatic carbocycles. The van der Waals surface area contributed by atoms with Gasteiger partial charge in [-0.2, -0.15) is 0 Å². The van der Waals surface area contributed by atoms with Crippen molar-refractivity contribution in [2.45, 2.75) is 32.7 Å². The van der Waals surface area contributed by atoms with Crippen LogP contribution in [-0.2, 0) is 0 Å². The summed E-state index contributed by atoms with van der Waals surface area (Å²) in [7, 11) is 0. The molecular weight excluding hydrogens is 373 g/mol. The minimum atomic E-state index is 0.320. The summed E-state index contributed by atoms with van der Waals surface area (Å²) in [4.78, 5) is 0. The maximum Gasteiger partial charge on any atom is 0.127 e. The Bertz CT molecular complexity index is 654. The highest BCUT2D eigenvalue weighted by atomic mass is 127. The molecule has 1 heterocycles. The van der Waals surface area contributed by atoms with Crippen LogP contribution in [0.15, 0.2) is 36.4 Å². The number of halogens is 1. The van der Waals surface area contributed by atoms with E-state index in [0.29, 0.717) is 6.04 Å². The summed E-state index contributed by atoms with van der Waals surface area (Å²) in [6.45, 7) is 5.07. The molecule has 1 aliphatic rings. The molecule has 0 saturated carbocycles. The Morgan fingerprint density at radius 2 is 2.00 bits per heavy atom. The Kier molecular flexibility index (Phi) is 4.38. The first-order chi connectivity index (χ1) is 10.1. The molecule has 2 nitrogen and oxygen atoms in total. The number of aryl methyl sites for hydroxylation is 2. The topological polar surface area (TPSA) is 21.3 Å². The van der Waals surface area contributed by atoms with Gasteiger partial charge in [0.15, 0.2) is 0 Å². The van der Waals surface area contributed by atoms with Crippen molar-refractivity contribution in [3.05, 3.63) is 56.7 Å². The van der Waals surface area contributed by atoms with E-state index in [9.17, 15) is 0 Å². The summed E-state index contributed by atoms with van der Waals surface area (Å²) in [5, 5.41) is 3.69. The van der Waals surface area contributed by atoms with Crippen molar-refractivity contribution in [3.63, 3.8) is 0 Å². The van der Waals surface area contributed by atoms with Crippen LogP contribution in [0.5, 0.6) is 5.75 Å². The molecule has 0 fully saturated rings. The average Bonchev–Trinajstić information content (AvgIpc) is 2.67. The summed E-state index contributed by atoms with van der Waals surface area (Å²) in [5.74, 6) is 1.06. The highest BCUT2D eigenvalue weighted by molar-refractivity contribution is 14.1. The van der Waals surface area contributed by atoms with Crippen molar-refractivity contribution >= 4 is 28.3 Å². The normalized spacial score (nSPS) is 17.6. The van der Waals surface area contributed by atoms with E-state index in [1.165, 1.54) is 25.9 Å². The van der Waals surface area contributed by atoms with Gasteiger partial charge in [0, 0.05) is 14.8 Å². The number of hydrogen-bond donors (Lipinski definition) is 1. The minimum Gasteiger partial charge on any atom is -0.493 e. The van der Waals surface area contributed by atoms with Gasteiger partial charge in [0.2, 0.25) is 0 Å². The van der Waals surface area contributed by atoms with Gasteiger partial charge < -0.3 is 10.1 Å². The van der Waals surface area contributed by atoms with E-state index in [-0.39, 0.29) is 0 Å². The molecular formula is C18H20INO. The molecule has 1 unspecified atom stereocenters. The first-order valence-corrected chi connectivity index (χ1v) is 8.48. The van der Waals surface area contributed by atoms with Crippen LogP contribution < -0.4 is 10.1 Å². The third-order valence-corrected chi connectivity index (χ3v) is 5.18. The van der Waals surface area contributed by atoms with Gasteiger partial charge in [-0.25, -0.2) is 0 Å². The van der Waals surface area contributed by atoms with Gasteiger partial charge in [0.25, 0.3) is 0 Å². The van der Waals surface area contributed by atoms with Gasteiger partial charge in [-0.15, -0.1) is 0 Å². The fourth-order valence-corrected chi connectivity index (χ4v) is 3.31. The monoisotopic (exact) mass is 393 g/mol. The first kappa shape index (κ1) is 14.7. The molecule has 2 aromatic rings. The molecule has 3 heteroatoms. The van der Waals surface area contributed by atoms with E-state index in [4.69, 9.17) is 4.74 Å². The van der Waals surface area contributed by atoms with Gasteiger partial charge in [-0.05, 0) is 72.5 Å². The molecule has 1 atom stereocenters. The van der Waals surface area contributed by atoms with E-state index in [1.54, 1.807) is 0 Å². The number of ether oxygens (including phenoxy) is 1. The average molecular weight is 393 g/mol. The van der Waals surface area contributed by atoms with E-state index < -0.39 is 0 Å². The fraction of sp³-hybridized carbons (Fsp3) is 0.333. The summed E-state index contributed by atoms with van der Waals surface area (Å²) in [6.07, 6.45) is 2.18. The first-order valence-electron chi connectivity index (χ1n) is 7.40. The van der Waals surface area contributed by atoms with Gasteiger partial charge in [-0.3, -0.25) is 0 Å². The molecule has 0 radical (unpaired) electrons. The lowest BCUT2D eigenvalue weighted by Gasteiger charge is -2.21. The number of anilines is 1. The van der Waals surface area contributed by atoms with Crippen molar-refractivity contribution < 1.29 is 4.74 Å². The van der Waals surface area contributed by atoms with Crippen molar-refractivity contribution in [1.82, 2.24) is 0 Å². The lowest BCUT2D eigenvalue weighted by molar-refractivity contribution is 0.314. The lowest BCUT2D eigenvalue weighted by atomic mass is 9.99. The summed E-state index contributed by atoms with van der Waals surface area (Å²) < 4.78 is 7.25. The van der Waals surface area contributed by atoms with Crippen molar-refractivity contribution in [2.75, 3.05) is 11.9 Å². The van der Waals surface area contributed by atoms with Gasteiger partial charge in [0.05, 0.1) is 12.6 Å². The van der Waals surface area contributed by atoms with Gasteiger partial charge >= 0.3 is 0 Å². The second-order valence-electron chi connectivity index (χ2n) is 5.64. The maximum absolute atomic E-state index is 5.95. The third-order valence-electron chi connectivity index (χ3n) is 4.01. The van der Waals surface area contributed by atoms with Crippen LogP contribution in [0.25, 0.3) is 0 Å². The van der Waals surface area contributed by atoms with E-state index in [1.807, 2.05) is 0 Å². The van der Waals surface area contributed by atoms with Crippen LogP contribution in [0.2, 0.25) is 0 Å². The van der Waals surface area contributed by atoms with Gasteiger partial charge in [-0.1, -0.05) is 24.3 Å². The zero-order valence-corrected chi connectivity index (χ0v) is 14.6. The molecule has 0 aliphatic carbocycles. The number of rotatable bonds is 2. The number of para-hydroxylation sites is 1. The Labute approximate surface area is 140 Å². The zero-order chi connectivity index (χ0) is 14.8. The van der Waals surface area contributed by atoms with Crippen LogP contribution in [0.3, 0.4) is 0 Å². The molecule has 21 heavy (non-hydrogen) atoms. The van der Waals surface area contributed by atoms with Crippen LogP contribution in [0, 0.1) is 17.4 Å². The molecule has 110 valence electrons. The third kappa shape index (κ3) is 3.18. The number of fused-ring (bicyclic) bond motifs is 1. The maximum atomic E-state index is 5.95. The van der Waals surface area contributed by atoms with Crippen molar-refractivity contribution in [1.29, 1.82) is 0 Å². The Morgan fingerprint density at radius 1 is 1.14 bits per heavy atom. The standard InChI is InChI=1S/C18H20INO/c1-12-8-9-14(11-16(12)19)20-17-7-4-10-21-18-13(2)5-3-6-15(17)18/h3,5-6,8-9,11,17,20H,4,7,10H2,1-2H3. The molecule has 0 aromatic heterocycles. The molecule has 0 amide bonds. The van der Waals surface area contributed by atoms with Crippen LogP contribution >= 0.6 is 22.6 Å². The zero-order valence-electron chi connectivity index (χ0n) is 12.4. The molecule has 1 N–H and O–H groups in total. The Balaban J connectivity index is 1.92. The number of nitrogens with one attached hydrogen (secondary N) is 1. The van der Waals surface area contributed by atoms with Crippen LogP contribution in [-0.4, -0.2) is 6.61 Å². The van der Waals surface area contributed by atoms with Crippen LogP contribution in [0.1, 0.15) is 35.6 Å². The quantitative estimate of drug-likeness (QED) is 0.706. The molecule has 0 saturated heterocycles. The van der Waals surface area contributed by atoms with E-state index in [2.05, 4.69) is 78.2 Å². The fourth-order valence-electron chi connectivity index (χ4n) is 2.80. The Morgan fingerprint density at radius 3 is 2.81 bits per heavy atom. The second kappa shape index (κ2) is 6.26. The molecule has 0 spiro atoms. The molecule has 1 aliphatic heterocycles. The van der Waals surface area contributed by atoms with Crippen molar-refractivity contribution in [2.24, 2.45) is 0 Å². The highest BCUT2D eigenvalue weighted by Crippen LogP contribution is 2.36. The largest absolute Gasteiger partial charge is 0.493 e. The molecule has 0 bridgehead atoms. The van der Waals surface area contributed by atoms with Crippen LogP contribution in [0.4, 0.5) is 5.69 Å². The van der Waals surface area contributed by atoms with Crippen molar-refractivity contribution in [3.8, 4) is 5.75 Å². The van der Waals surface area contributed by atoms with E-state index in [0.717, 1.165) is 25.2 Å². The predicted molar refractivity (Wildman–Crippen MR) is 96.2 cm³/mol. The van der Waals surface area contributed by atoms with Gasteiger partial charge in [0.1, 0.15) is 5.75 Å². The summed E-state index contributed by atoms with van der Waals surface area (Å²) in [6, 6.07) is 13.3. The smallest absolute Gasteiger partial charge is 0.127 e. The summed E-state index contributed by atoms with van der Waals surface area (Å²) in [5.41, 5.74) is 5.01. The second-order valence-corrected chi connectivity index (χ2v) is 6.81.